The molecule has 3 rings (SSSR count). The van der Waals surface area contributed by atoms with Crippen LogP contribution in [0.3, 0.4) is 0 Å². The minimum absolute atomic E-state index is 0.0447. The Kier molecular flexibility index (Phi) is 4.05. The van der Waals surface area contributed by atoms with E-state index in [-0.39, 0.29) is 6.04 Å². The summed E-state index contributed by atoms with van der Waals surface area (Å²) in [6.07, 6.45) is 8.14. The van der Waals surface area contributed by atoms with Gasteiger partial charge in [0.25, 0.3) is 0 Å². The standard InChI is InChI=1S/C14H18BrN3S/c15-10-7-14(19-9-10)13(16)8-11-5-6-18(17-11)12-3-1-2-4-12/h5-7,9,12-13H,1-4,8,16H2. The molecule has 0 spiro atoms. The molecule has 1 aliphatic rings. The third-order valence-corrected chi connectivity index (χ3v) is 5.57. The largest absolute Gasteiger partial charge is 0.323 e. The highest BCUT2D eigenvalue weighted by Crippen LogP contribution is 2.29. The van der Waals surface area contributed by atoms with Crippen LogP contribution in [0.4, 0.5) is 0 Å². The fourth-order valence-electron chi connectivity index (χ4n) is 2.71. The third kappa shape index (κ3) is 3.09. The molecule has 19 heavy (non-hydrogen) atoms. The summed E-state index contributed by atoms with van der Waals surface area (Å²) in [7, 11) is 0. The lowest BCUT2D eigenvalue weighted by Crippen LogP contribution is -2.13. The second kappa shape index (κ2) is 5.77. The van der Waals surface area contributed by atoms with Crippen LogP contribution in [0.2, 0.25) is 0 Å². The molecule has 1 aliphatic carbocycles. The molecule has 0 bridgehead atoms. The van der Waals surface area contributed by atoms with Gasteiger partial charge in [-0.05, 0) is 40.9 Å². The zero-order valence-corrected chi connectivity index (χ0v) is 13.2. The molecule has 2 N–H and O–H groups in total. The Morgan fingerprint density at radius 3 is 2.95 bits per heavy atom. The molecule has 1 saturated carbocycles. The zero-order chi connectivity index (χ0) is 13.2. The van der Waals surface area contributed by atoms with Crippen molar-refractivity contribution >= 4 is 27.3 Å². The summed E-state index contributed by atoms with van der Waals surface area (Å²) in [5.41, 5.74) is 7.34. The number of hydrogen-bond acceptors (Lipinski definition) is 3. The molecule has 1 unspecified atom stereocenters. The van der Waals surface area contributed by atoms with E-state index in [0.29, 0.717) is 6.04 Å². The van der Waals surface area contributed by atoms with E-state index >= 15 is 0 Å². The van der Waals surface area contributed by atoms with E-state index < -0.39 is 0 Å². The lowest BCUT2D eigenvalue weighted by atomic mass is 10.1. The second-order valence-corrected chi connectivity index (χ2v) is 7.06. The van der Waals surface area contributed by atoms with Crippen LogP contribution in [0, 0.1) is 0 Å². The molecule has 1 atom stereocenters. The first kappa shape index (κ1) is 13.3. The van der Waals surface area contributed by atoms with Crippen molar-refractivity contribution in [2.24, 2.45) is 5.73 Å². The average molecular weight is 340 g/mol. The predicted molar refractivity (Wildman–Crippen MR) is 82.4 cm³/mol. The number of aromatic nitrogens is 2. The van der Waals surface area contributed by atoms with Gasteiger partial charge in [-0.3, -0.25) is 4.68 Å². The van der Waals surface area contributed by atoms with Crippen LogP contribution in [-0.2, 0) is 6.42 Å². The van der Waals surface area contributed by atoms with Crippen LogP contribution in [-0.4, -0.2) is 9.78 Å². The zero-order valence-electron chi connectivity index (χ0n) is 10.8. The van der Waals surface area contributed by atoms with Gasteiger partial charge in [0, 0.05) is 33.4 Å². The summed E-state index contributed by atoms with van der Waals surface area (Å²) in [5.74, 6) is 0. The Bertz CT molecular complexity index is 542. The number of nitrogens with two attached hydrogens (primary N) is 1. The Labute approximate surface area is 125 Å². The molecular formula is C14H18BrN3S. The van der Waals surface area contributed by atoms with Gasteiger partial charge in [0.1, 0.15) is 0 Å². The topological polar surface area (TPSA) is 43.8 Å². The van der Waals surface area contributed by atoms with Crippen molar-refractivity contribution in [3.05, 3.63) is 38.8 Å². The van der Waals surface area contributed by atoms with Crippen molar-refractivity contribution in [1.29, 1.82) is 0 Å². The highest BCUT2D eigenvalue weighted by Gasteiger charge is 2.18. The monoisotopic (exact) mass is 339 g/mol. The van der Waals surface area contributed by atoms with E-state index in [9.17, 15) is 0 Å². The van der Waals surface area contributed by atoms with Gasteiger partial charge in [0.05, 0.1) is 11.7 Å². The van der Waals surface area contributed by atoms with Gasteiger partial charge < -0.3 is 5.73 Å². The summed E-state index contributed by atoms with van der Waals surface area (Å²) in [6.45, 7) is 0. The molecule has 2 aromatic heterocycles. The molecule has 5 heteroatoms. The van der Waals surface area contributed by atoms with E-state index in [1.54, 1.807) is 11.3 Å². The quantitative estimate of drug-likeness (QED) is 0.912. The molecule has 2 heterocycles. The van der Waals surface area contributed by atoms with Crippen LogP contribution in [0.15, 0.2) is 28.2 Å². The molecule has 3 nitrogen and oxygen atoms in total. The van der Waals surface area contributed by atoms with Crippen molar-refractivity contribution in [1.82, 2.24) is 9.78 Å². The van der Waals surface area contributed by atoms with Crippen molar-refractivity contribution in [2.45, 2.75) is 44.2 Å². The van der Waals surface area contributed by atoms with Gasteiger partial charge in [0.15, 0.2) is 0 Å². The molecule has 0 amide bonds. The molecule has 102 valence electrons. The molecule has 0 radical (unpaired) electrons. The number of nitrogens with zero attached hydrogens (tertiary/aromatic N) is 2. The fraction of sp³-hybridized carbons (Fsp3) is 0.500. The smallest absolute Gasteiger partial charge is 0.0643 e. The highest BCUT2D eigenvalue weighted by molar-refractivity contribution is 9.10. The van der Waals surface area contributed by atoms with Gasteiger partial charge in [0.2, 0.25) is 0 Å². The third-order valence-electron chi connectivity index (χ3n) is 3.74. The number of thiophene rings is 1. The van der Waals surface area contributed by atoms with Gasteiger partial charge in [-0.15, -0.1) is 11.3 Å². The summed E-state index contributed by atoms with van der Waals surface area (Å²) < 4.78 is 3.25. The first-order valence-corrected chi connectivity index (χ1v) is 8.43. The Hall–Kier alpha value is -0.650. The molecule has 0 saturated heterocycles. The summed E-state index contributed by atoms with van der Waals surface area (Å²) in [4.78, 5) is 1.21. The maximum atomic E-state index is 6.24. The minimum Gasteiger partial charge on any atom is -0.323 e. The van der Waals surface area contributed by atoms with E-state index in [2.05, 4.69) is 44.3 Å². The highest BCUT2D eigenvalue weighted by atomic mass is 79.9. The fourth-order valence-corrected chi connectivity index (χ4v) is 4.16. The molecular weight excluding hydrogens is 322 g/mol. The lowest BCUT2D eigenvalue weighted by Gasteiger charge is -2.10. The van der Waals surface area contributed by atoms with Crippen molar-refractivity contribution in [3.63, 3.8) is 0 Å². The van der Waals surface area contributed by atoms with E-state index in [0.717, 1.165) is 16.6 Å². The Morgan fingerprint density at radius 2 is 2.26 bits per heavy atom. The van der Waals surface area contributed by atoms with Crippen LogP contribution < -0.4 is 5.73 Å². The van der Waals surface area contributed by atoms with Crippen molar-refractivity contribution in [3.8, 4) is 0 Å². The summed E-state index contributed by atoms with van der Waals surface area (Å²) >= 11 is 5.17. The molecule has 0 aliphatic heterocycles. The predicted octanol–water partition coefficient (Wildman–Crippen LogP) is 4.06. The average Bonchev–Trinajstić information content (AvgIpc) is 3.07. The SMILES string of the molecule is NC(Cc1ccn(C2CCCC2)n1)c1cc(Br)cs1. The van der Waals surface area contributed by atoms with Crippen LogP contribution in [0.25, 0.3) is 0 Å². The summed E-state index contributed by atoms with van der Waals surface area (Å²) in [6, 6.07) is 4.87. The van der Waals surface area contributed by atoms with Crippen LogP contribution in [0.5, 0.6) is 0 Å². The first-order chi connectivity index (χ1) is 9.22. The maximum absolute atomic E-state index is 6.24. The van der Waals surface area contributed by atoms with Crippen molar-refractivity contribution in [2.75, 3.05) is 0 Å². The number of hydrogen-bond donors (Lipinski definition) is 1. The number of rotatable bonds is 4. The van der Waals surface area contributed by atoms with Crippen LogP contribution >= 0.6 is 27.3 Å². The summed E-state index contributed by atoms with van der Waals surface area (Å²) in [5, 5.41) is 6.77. The van der Waals surface area contributed by atoms with E-state index in [4.69, 9.17) is 10.8 Å². The Morgan fingerprint density at radius 1 is 1.47 bits per heavy atom. The van der Waals surface area contributed by atoms with Crippen LogP contribution in [0.1, 0.15) is 48.3 Å². The minimum atomic E-state index is 0.0447. The normalized spacial score (nSPS) is 18.0. The Balaban J connectivity index is 1.66. The van der Waals surface area contributed by atoms with E-state index in [1.807, 2.05) is 0 Å². The molecule has 0 aromatic carbocycles. The molecule has 2 aromatic rings. The van der Waals surface area contributed by atoms with Gasteiger partial charge in [-0.25, -0.2) is 0 Å². The molecule has 1 fully saturated rings. The van der Waals surface area contributed by atoms with Gasteiger partial charge in [-0.1, -0.05) is 12.8 Å². The first-order valence-electron chi connectivity index (χ1n) is 6.76. The second-order valence-electron chi connectivity index (χ2n) is 5.20. The maximum Gasteiger partial charge on any atom is 0.0643 e. The van der Waals surface area contributed by atoms with E-state index in [1.165, 1.54) is 30.6 Å². The number of halogens is 1. The lowest BCUT2D eigenvalue weighted by molar-refractivity contribution is 0.461. The van der Waals surface area contributed by atoms with Crippen molar-refractivity contribution < 1.29 is 0 Å². The van der Waals surface area contributed by atoms with Gasteiger partial charge >= 0.3 is 0 Å². The van der Waals surface area contributed by atoms with Gasteiger partial charge in [-0.2, -0.15) is 5.10 Å².